The number of phenolic OH excluding ortho intramolecular Hbond substituents is 1. The molecule has 1 aromatic carbocycles. The Morgan fingerprint density at radius 3 is 2.85 bits per heavy atom. The summed E-state index contributed by atoms with van der Waals surface area (Å²) >= 11 is 0. The van der Waals surface area contributed by atoms with E-state index in [1.54, 1.807) is 18.2 Å². The van der Waals surface area contributed by atoms with E-state index in [-0.39, 0.29) is 11.7 Å². The second-order valence-corrected chi connectivity index (χ2v) is 2.91. The zero-order chi connectivity index (χ0) is 9.84. The van der Waals surface area contributed by atoms with Crippen molar-refractivity contribution in [3.63, 3.8) is 0 Å². The van der Waals surface area contributed by atoms with Gasteiger partial charge in [0.25, 0.3) is 0 Å². The van der Waals surface area contributed by atoms with E-state index in [0.29, 0.717) is 5.56 Å². The summed E-state index contributed by atoms with van der Waals surface area (Å²) in [6, 6.07) is 6.84. The van der Waals surface area contributed by atoms with Crippen LogP contribution in [0.4, 0.5) is 0 Å². The third kappa shape index (κ3) is 1.88. The van der Waals surface area contributed by atoms with Gasteiger partial charge in [-0.1, -0.05) is 19.1 Å². The highest BCUT2D eigenvalue weighted by atomic mass is 16.3. The van der Waals surface area contributed by atoms with Crippen molar-refractivity contribution in [3.8, 4) is 11.8 Å². The lowest BCUT2D eigenvalue weighted by Gasteiger charge is -2.08. The van der Waals surface area contributed by atoms with Gasteiger partial charge in [0, 0.05) is 5.92 Å². The number of phenols is 1. The molecule has 0 radical (unpaired) electrons. The molecule has 1 rings (SSSR count). The highest BCUT2D eigenvalue weighted by molar-refractivity contribution is 5.45. The smallest absolute Gasteiger partial charge is 0.116 e. The van der Waals surface area contributed by atoms with Crippen molar-refractivity contribution in [2.75, 3.05) is 0 Å². The van der Waals surface area contributed by atoms with Gasteiger partial charge in [0.05, 0.1) is 11.6 Å². The molecule has 1 N–H and O–H groups in total. The third-order valence-electron chi connectivity index (χ3n) is 2.00. The highest BCUT2D eigenvalue weighted by Crippen LogP contribution is 2.23. The Hall–Kier alpha value is -1.75. The summed E-state index contributed by atoms with van der Waals surface area (Å²) < 4.78 is 0. The monoisotopic (exact) mass is 173 g/mol. The van der Waals surface area contributed by atoms with E-state index in [4.69, 9.17) is 10.4 Å². The van der Waals surface area contributed by atoms with Gasteiger partial charge in [-0.05, 0) is 17.7 Å². The van der Waals surface area contributed by atoms with Crippen LogP contribution in [0, 0.1) is 11.3 Å². The first-order valence-electron chi connectivity index (χ1n) is 4.04. The van der Waals surface area contributed by atoms with Gasteiger partial charge < -0.3 is 5.11 Å². The first kappa shape index (κ1) is 9.34. The lowest BCUT2D eigenvalue weighted by Crippen LogP contribution is -1.92. The highest BCUT2D eigenvalue weighted by Gasteiger charge is 2.07. The molecular weight excluding hydrogens is 162 g/mol. The Morgan fingerprint density at radius 2 is 2.31 bits per heavy atom. The number of hydrogen-bond donors (Lipinski definition) is 1. The molecule has 0 aromatic heterocycles. The van der Waals surface area contributed by atoms with Gasteiger partial charge in [0.1, 0.15) is 5.75 Å². The largest absolute Gasteiger partial charge is 0.508 e. The van der Waals surface area contributed by atoms with E-state index in [1.807, 2.05) is 13.0 Å². The normalized spacial score (nSPS) is 11.7. The summed E-state index contributed by atoms with van der Waals surface area (Å²) in [5.41, 5.74) is 1.41. The fourth-order valence-corrected chi connectivity index (χ4v) is 1.17. The van der Waals surface area contributed by atoms with E-state index >= 15 is 0 Å². The molecule has 0 aliphatic rings. The first-order valence-corrected chi connectivity index (χ1v) is 4.04. The van der Waals surface area contributed by atoms with Crippen LogP contribution in [0.15, 0.2) is 30.9 Å². The van der Waals surface area contributed by atoms with Crippen LogP contribution >= 0.6 is 0 Å². The summed E-state index contributed by atoms with van der Waals surface area (Å²) in [6.45, 7) is 5.62. The molecule has 0 amide bonds. The molecule has 0 saturated heterocycles. The molecule has 0 aliphatic heterocycles. The van der Waals surface area contributed by atoms with Gasteiger partial charge >= 0.3 is 0 Å². The molecule has 13 heavy (non-hydrogen) atoms. The summed E-state index contributed by atoms with van der Waals surface area (Å²) in [6.07, 6.45) is 1.77. The van der Waals surface area contributed by atoms with Crippen LogP contribution in [0.1, 0.15) is 24.0 Å². The molecule has 2 nitrogen and oxygen atoms in total. The van der Waals surface area contributed by atoms with Crippen LogP contribution in [0.3, 0.4) is 0 Å². The molecule has 0 fully saturated rings. The predicted octanol–water partition coefficient (Wildman–Crippen LogP) is 2.55. The molecule has 1 atom stereocenters. The van der Waals surface area contributed by atoms with E-state index in [0.717, 1.165) is 5.56 Å². The SMILES string of the molecule is C=CC(C)c1ccc(O)cc1C#N. The summed E-state index contributed by atoms with van der Waals surface area (Å²) in [4.78, 5) is 0. The molecule has 1 aromatic rings. The molecule has 0 aliphatic carbocycles. The maximum atomic E-state index is 9.15. The Balaban J connectivity index is 3.22. The van der Waals surface area contributed by atoms with Crippen molar-refractivity contribution in [1.82, 2.24) is 0 Å². The van der Waals surface area contributed by atoms with Gasteiger partial charge in [0.15, 0.2) is 0 Å². The fourth-order valence-electron chi connectivity index (χ4n) is 1.17. The maximum absolute atomic E-state index is 9.15. The quantitative estimate of drug-likeness (QED) is 0.698. The molecule has 66 valence electrons. The lowest BCUT2D eigenvalue weighted by molar-refractivity contribution is 0.475. The van der Waals surface area contributed by atoms with Gasteiger partial charge in [-0.15, -0.1) is 6.58 Å². The number of benzene rings is 1. The zero-order valence-electron chi connectivity index (χ0n) is 7.49. The zero-order valence-corrected chi connectivity index (χ0v) is 7.49. The maximum Gasteiger partial charge on any atom is 0.116 e. The van der Waals surface area contributed by atoms with E-state index in [2.05, 4.69) is 6.58 Å². The molecule has 0 saturated carbocycles. The third-order valence-corrected chi connectivity index (χ3v) is 2.00. The van der Waals surface area contributed by atoms with Crippen LogP contribution in [-0.2, 0) is 0 Å². The summed E-state index contributed by atoms with van der Waals surface area (Å²) in [5.74, 6) is 0.256. The second kappa shape index (κ2) is 3.77. The molecular formula is C11H11NO. The van der Waals surface area contributed by atoms with Gasteiger partial charge in [-0.3, -0.25) is 0 Å². The topological polar surface area (TPSA) is 44.0 Å². The predicted molar refractivity (Wildman–Crippen MR) is 51.4 cm³/mol. The molecule has 0 spiro atoms. The molecule has 0 heterocycles. The van der Waals surface area contributed by atoms with Crippen molar-refractivity contribution in [2.24, 2.45) is 0 Å². The van der Waals surface area contributed by atoms with E-state index in [9.17, 15) is 0 Å². The van der Waals surface area contributed by atoms with Crippen molar-refractivity contribution < 1.29 is 5.11 Å². The number of allylic oxidation sites excluding steroid dienone is 1. The Labute approximate surface area is 77.8 Å². The van der Waals surface area contributed by atoms with E-state index in [1.165, 1.54) is 6.07 Å². The van der Waals surface area contributed by atoms with Crippen molar-refractivity contribution in [3.05, 3.63) is 42.0 Å². The minimum Gasteiger partial charge on any atom is -0.508 e. The minimum atomic E-state index is 0.122. The van der Waals surface area contributed by atoms with Crippen molar-refractivity contribution >= 4 is 0 Å². The van der Waals surface area contributed by atoms with Crippen molar-refractivity contribution in [1.29, 1.82) is 5.26 Å². The summed E-state index contributed by atoms with van der Waals surface area (Å²) in [7, 11) is 0. The fraction of sp³-hybridized carbons (Fsp3) is 0.182. The number of hydrogen-bond acceptors (Lipinski definition) is 2. The Kier molecular flexibility index (Phi) is 2.71. The number of nitrogens with zero attached hydrogens (tertiary/aromatic N) is 1. The van der Waals surface area contributed by atoms with E-state index < -0.39 is 0 Å². The van der Waals surface area contributed by atoms with Crippen LogP contribution in [0.5, 0.6) is 5.75 Å². The van der Waals surface area contributed by atoms with Crippen molar-refractivity contribution in [2.45, 2.75) is 12.8 Å². The number of rotatable bonds is 2. The molecule has 2 heteroatoms. The van der Waals surface area contributed by atoms with Crippen LogP contribution in [-0.4, -0.2) is 5.11 Å². The van der Waals surface area contributed by atoms with Gasteiger partial charge in [0.2, 0.25) is 0 Å². The van der Waals surface area contributed by atoms with Crippen LogP contribution in [0.2, 0.25) is 0 Å². The lowest BCUT2D eigenvalue weighted by atomic mass is 9.96. The Morgan fingerprint density at radius 1 is 1.62 bits per heavy atom. The standard InChI is InChI=1S/C11H11NO/c1-3-8(2)11-5-4-10(13)6-9(11)7-12/h3-6,8,13H,1H2,2H3. The summed E-state index contributed by atoms with van der Waals surface area (Å²) in [5, 5.41) is 17.9. The number of aromatic hydroxyl groups is 1. The second-order valence-electron chi connectivity index (χ2n) is 2.91. The van der Waals surface area contributed by atoms with Gasteiger partial charge in [-0.25, -0.2) is 0 Å². The first-order chi connectivity index (χ1) is 6.19. The molecule has 0 bridgehead atoms. The number of nitriles is 1. The average Bonchev–Trinajstić information content (AvgIpc) is 2.16. The van der Waals surface area contributed by atoms with Gasteiger partial charge in [-0.2, -0.15) is 5.26 Å². The molecule has 1 unspecified atom stereocenters. The van der Waals surface area contributed by atoms with Crippen LogP contribution in [0.25, 0.3) is 0 Å². The minimum absolute atomic E-state index is 0.122. The average molecular weight is 173 g/mol. The Bertz CT molecular complexity index is 363. The van der Waals surface area contributed by atoms with Crippen LogP contribution < -0.4 is 0 Å².